The van der Waals surface area contributed by atoms with Crippen molar-refractivity contribution < 1.29 is 23.8 Å². The molecule has 0 aliphatic rings. The van der Waals surface area contributed by atoms with Crippen LogP contribution in [-0.4, -0.2) is 31.8 Å². The predicted octanol–water partition coefficient (Wildman–Crippen LogP) is 2.51. The minimum atomic E-state index is -0.727. The molecule has 0 radical (unpaired) electrons. The van der Waals surface area contributed by atoms with Crippen molar-refractivity contribution in [2.45, 2.75) is 20.8 Å². The van der Waals surface area contributed by atoms with Gasteiger partial charge in [-0.25, -0.2) is 9.59 Å². The third-order valence-corrected chi connectivity index (χ3v) is 2.52. The second-order valence-corrected chi connectivity index (χ2v) is 4.10. The summed E-state index contributed by atoms with van der Waals surface area (Å²) in [4.78, 5) is 23.6. The molecule has 0 aliphatic carbocycles. The Labute approximate surface area is 130 Å². The normalized spacial score (nSPS) is 9.59. The first-order valence-corrected chi connectivity index (χ1v) is 7.16. The zero-order valence-corrected chi connectivity index (χ0v) is 13.0. The molecule has 0 amide bonds. The number of hydrogen-bond donors (Lipinski definition) is 1. The van der Waals surface area contributed by atoms with Crippen LogP contribution in [-0.2, 0) is 19.1 Å². The average molecular weight is 307 g/mol. The van der Waals surface area contributed by atoms with Crippen LogP contribution in [0.1, 0.15) is 20.8 Å². The van der Waals surface area contributed by atoms with E-state index < -0.39 is 11.9 Å². The van der Waals surface area contributed by atoms with E-state index in [-0.39, 0.29) is 18.8 Å². The van der Waals surface area contributed by atoms with Crippen molar-refractivity contribution in [3.63, 3.8) is 0 Å². The van der Waals surface area contributed by atoms with Gasteiger partial charge in [0.15, 0.2) is 5.57 Å². The lowest BCUT2D eigenvalue weighted by molar-refractivity contribution is -0.146. The molecule has 6 nitrogen and oxygen atoms in total. The molecule has 0 unspecified atom stereocenters. The van der Waals surface area contributed by atoms with Crippen molar-refractivity contribution in [2.24, 2.45) is 0 Å². The second kappa shape index (κ2) is 9.44. The average Bonchev–Trinajstić information content (AvgIpc) is 2.49. The van der Waals surface area contributed by atoms with Gasteiger partial charge in [0.1, 0.15) is 5.75 Å². The highest BCUT2D eigenvalue weighted by Gasteiger charge is 2.20. The predicted molar refractivity (Wildman–Crippen MR) is 82.6 cm³/mol. The largest absolute Gasteiger partial charge is 0.494 e. The molecule has 0 saturated carbocycles. The van der Waals surface area contributed by atoms with Gasteiger partial charge < -0.3 is 19.5 Å². The SMILES string of the molecule is CCOC(=O)C(=CNc1cccc(OCC)c1)C(=O)OCC. The molecule has 0 saturated heterocycles. The van der Waals surface area contributed by atoms with E-state index in [1.54, 1.807) is 32.0 Å². The molecule has 0 fully saturated rings. The quantitative estimate of drug-likeness (QED) is 0.344. The van der Waals surface area contributed by atoms with Crippen LogP contribution >= 0.6 is 0 Å². The van der Waals surface area contributed by atoms with Crippen molar-refractivity contribution in [2.75, 3.05) is 25.1 Å². The van der Waals surface area contributed by atoms with Crippen molar-refractivity contribution in [3.05, 3.63) is 36.0 Å². The van der Waals surface area contributed by atoms with E-state index in [9.17, 15) is 9.59 Å². The van der Waals surface area contributed by atoms with Gasteiger partial charge in [-0.1, -0.05) is 6.07 Å². The third-order valence-electron chi connectivity index (χ3n) is 2.52. The van der Waals surface area contributed by atoms with E-state index in [4.69, 9.17) is 14.2 Å². The van der Waals surface area contributed by atoms with Gasteiger partial charge in [-0.2, -0.15) is 0 Å². The first-order chi connectivity index (χ1) is 10.6. The van der Waals surface area contributed by atoms with Crippen molar-refractivity contribution in [3.8, 4) is 5.75 Å². The minimum absolute atomic E-state index is 0.176. The number of esters is 2. The molecule has 0 heterocycles. The van der Waals surface area contributed by atoms with E-state index in [1.807, 2.05) is 13.0 Å². The lowest BCUT2D eigenvalue weighted by atomic mass is 10.2. The number of nitrogens with one attached hydrogen (secondary N) is 1. The van der Waals surface area contributed by atoms with Gasteiger partial charge in [0.05, 0.1) is 19.8 Å². The maximum atomic E-state index is 11.8. The lowest BCUT2D eigenvalue weighted by Crippen LogP contribution is -2.19. The van der Waals surface area contributed by atoms with Gasteiger partial charge in [0.25, 0.3) is 0 Å². The maximum absolute atomic E-state index is 11.8. The van der Waals surface area contributed by atoms with E-state index in [0.717, 1.165) is 0 Å². The van der Waals surface area contributed by atoms with Gasteiger partial charge in [-0.3, -0.25) is 0 Å². The van der Waals surface area contributed by atoms with Crippen LogP contribution in [0.15, 0.2) is 36.0 Å². The Morgan fingerprint density at radius 3 is 2.23 bits per heavy atom. The summed E-state index contributed by atoms with van der Waals surface area (Å²) in [5.41, 5.74) is 0.488. The van der Waals surface area contributed by atoms with Crippen LogP contribution in [0.4, 0.5) is 5.69 Å². The molecule has 1 aromatic rings. The number of carbonyl (C=O) groups is 2. The number of carbonyl (C=O) groups excluding carboxylic acids is 2. The molecular weight excluding hydrogens is 286 g/mol. The molecule has 120 valence electrons. The third kappa shape index (κ3) is 5.47. The Morgan fingerprint density at radius 1 is 1.05 bits per heavy atom. The highest BCUT2D eigenvalue weighted by atomic mass is 16.6. The van der Waals surface area contributed by atoms with Gasteiger partial charge in [0.2, 0.25) is 0 Å². The highest BCUT2D eigenvalue weighted by Crippen LogP contribution is 2.17. The molecule has 6 heteroatoms. The molecule has 0 aliphatic heterocycles. The molecule has 0 atom stereocenters. The maximum Gasteiger partial charge on any atom is 0.347 e. The Hall–Kier alpha value is -2.50. The highest BCUT2D eigenvalue weighted by molar-refractivity contribution is 6.14. The molecular formula is C16H21NO5. The smallest absolute Gasteiger partial charge is 0.347 e. The van der Waals surface area contributed by atoms with E-state index in [0.29, 0.717) is 18.0 Å². The van der Waals surface area contributed by atoms with Crippen LogP contribution in [0.3, 0.4) is 0 Å². The van der Waals surface area contributed by atoms with Gasteiger partial charge in [0, 0.05) is 18.0 Å². The fourth-order valence-electron chi connectivity index (χ4n) is 1.62. The molecule has 1 aromatic carbocycles. The Balaban J connectivity index is 2.89. The van der Waals surface area contributed by atoms with Crippen molar-refractivity contribution in [1.82, 2.24) is 0 Å². The fraction of sp³-hybridized carbons (Fsp3) is 0.375. The van der Waals surface area contributed by atoms with E-state index >= 15 is 0 Å². The zero-order chi connectivity index (χ0) is 16.4. The Morgan fingerprint density at radius 2 is 1.68 bits per heavy atom. The van der Waals surface area contributed by atoms with Crippen molar-refractivity contribution >= 4 is 17.6 Å². The molecule has 1 rings (SSSR count). The van der Waals surface area contributed by atoms with Crippen LogP contribution in [0.5, 0.6) is 5.75 Å². The summed E-state index contributed by atoms with van der Waals surface area (Å²) in [6.07, 6.45) is 1.28. The van der Waals surface area contributed by atoms with Crippen molar-refractivity contribution in [1.29, 1.82) is 0 Å². The van der Waals surface area contributed by atoms with Crippen LogP contribution < -0.4 is 10.1 Å². The van der Waals surface area contributed by atoms with Crippen LogP contribution in [0.2, 0.25) is 0 Å². The number of rotatable bonds is 8. The minimum Gasteiger partial charge on any atom is -0.494 e. The number of benzene rings is 1. The molecule has 0 bridgehead atoms. The molecule has 1 N–H and O–H groups in total. The molecule has 0 spiro atoms. The molecule has 0 aromatic heterocycles. The van der Waals surface area contributed by atoms with Crippen LogP contribution in [0, 0.1) is 0 Å². The summed E-state index contributed by atoms with van der Waals surface area (Å²) in [7, 11) is 0. The van der Waals surface area contributed by atoms with Crippen LogP contribution in [0.25, 0.3) is 0 Å². The zero-order valence-electron chi connectivity index (χ0n) is 13.0. The second-order valence-electron chi connectivity index (χ2n) is 4.10. The summed E-state index contributed by atoms with van der Waals surface area (Å²) >= 11 is 0. The van der Waals surface area contributed by atoms with E-state index in [1.165, 1.54) is 6.20 Å². The van der Waals surface area contributed by atoms with E-state index in [2.05, 4.69) is 5.32 Å². The summed E-state index contributed by atoms with van der Waals surface area (Å²) in [5.74, 6) is -0.765. The summed E-state index contributed by atoms with van der Waals surface area (Å²) in [6.45, 7) is 6.12. The fourth-order valence-corrected chi connectivity index (χ4v) is 1.62. The Kier molecular flexibility index (Phi) is 7.53. The Bertz CT molecular complexity index is 519. The van der Waals surface area contributed by atoms with Gasteiger partial charge in [-0.05, 0) is 32.9 Å². The molecule has 22 heavy (non-hydrogen) atoms. The number of hydrogen-bond acceptors (Lipinski definition) is 6. The summed E-state index contributed by atoms with van der Waals surface area (Å²) in [6, 6.07) is 7.16. The standard InChI is InChI=1S/C16H21NO5/c1-4-20-13-9-7-8-12(10-13)17-11-14(15(18)21-5-2)16(19)22-6-3/h7-11,17H,4-6H2,1-3H3. The summed E-state index contributed by atoms with van der Waals surface area (Å²) in [5, 5.41) is 2.88. The topological polar surface area (TPSA) is 73.9 Å². The number of ether oxygens (including phenoxy) is 3. The first-order valence-electron chi connectivity index (χ1n) is 7.16. The monoisotopic (exact) mass is 307 g/mol. The van der Waals surface area contributed by atoms with Gasteiger partial charge >= 0.3 is 11.9 Å². The number of anilines is 1. The summed E-state index contributed by atoms with van der Waals surface area (Å²) < 4.78 is 15.1. The van der Waals surface area contributed by atoms with Gasteiger partial charge in [-0.15, -0.1) is 0 Å². The first kappa shape index (κ1) is 17.6. The lowest BCUT2D eigenvalue weighted by Gasteiger charge is -2.09.